The molecule has 114 valence electrons. The van der Waals surface area contributed by atoms with Gasteiger partial charge in [0.1, 0.15) is 0 Å². The number of benzene rings is 1. The van der Waals surface area contributed by atoms with Crippen molar-refractivity contribution in [3.8, 4) is 11.5 Å². The number of carbonyl (C=O) groups is 2. The van der Waals surface area contributed by atoms with E-state index in [1.54, 1.807) is 6.92 Å². The first kappa shape index (κ1) is 15.1. The van der Waals surface area contributed by atoms with Gasteiger partial charge in [0, 0.05) is 13.6 Å². The fraction of sp³-hybridized carbons (Fsp3) is 0.429. The summed E-state index contributed by atoms with van der Waals surface area (Å²) in [5, 5.41) is 4.61. The molecule has 0 spiro atoms. The minimum Gasteiger partial charge on any atom is -0.454 e. The Hall–Kier alpha value is -2.28. The molecule has 2 rings (SSSR count). The molecule has 1 aliphatic rings. The predicted octanol–water partition coefficient (Wildman–Crippen LogP) is 0.691. The number of ether oxygens (including phenoxy) is 2. The number of likely N-dealkylation sites (N-methyl/N-ethyl adjacent to an activating group) is 1. The molecule has 21 heavy (non-hydrogen) atoms. The van der Waals surface area contributed by atoms with Crippen molar-refractivity contribution in [2.75, 3.05) is 20.9 Å². The van der Waals surface area contributed by atoms with E-state index in [1.807, 2.05) is 30.1 Å². The van der Waals surface area contributed by atoms with Gasteiger partial charge < -0.3 is 14.8 Å². The van der Waals surface area contributed by atoms with Crippen LogP contribution in [0.5, 0.6) is 11.5 Å². The SMILES string of the molecule is CNC(=O)NC(=O)[C@@H](C)N(C)Cc1ccc2c(c1)OCO2. The fourth-order valence-electron chi connectivity index (χ4n) is 1.94. The second kappa shape index (κ2) is 6.45. The monoisotopic (exact) mass is 293 g/mol. The van der Waals surface area contributed by atoms with Gasteiger partial charge in [-0.2, -0.15) is 0 Å². The third-order valence-corrected chi connectivity index (χ3v) is 3.37. The quantitative estimate of drug-likeness (QED) is 0.854. The first-order chi connectivity index (χ1) is 10.0. The number of hydrogen-bond donors (Lipinski definition) is 2. The van der Waals surface area contributed by atoms with Crippen molar-refractivity contribution < 1.29 is 19.1 Å². The summed E-state index contributed by atoms with van der Waals surface area (Å²) in [6, 6.07) is 4.71. The lowest BCUT2D eigenvalue weighted by Crippen LogP contribution is -2.47. The molecule has 0 unspecified atom stereocenters. The van der Waals surface area contributed by atoms with E-state index in [9.17, 15) is 9.59 Å². The van der Waals surface area contributed by atoms with Crippen LogP contribution in [0.15, 0.2) is 18.2 Å². The smallest absolute Gasteiger partial charge is 0.321 e. The van der Waals surface area contributed by atoms with Crippen LogP contribution in [-0.2, 0) is 11.3 Å². The lowest BCUT2D eigenvalue weighted by atomic mass is 10.1. The standard InChI is InChI=1S/C14H19N3O4/c1-9(13(18)16-14(19)15-2)17(3)7-10-4-5-11-12(6-10)21-8-20-11/h4-6,9H,7-8H2,1-3H3,(H2,15,16,18,19)/t9-/m1/s1. The van der Waals surface area contributed by atoms with Crippen molar-refractivity contribution in [1.29, 1.82) is 0 Å². The zero-order valence-corrected chi connectivity index (χ0v) is 12.3. The molecular formula is C14H19N3O4. The lowest BCUT2D eigenvalue weighted by molar-refractivity contribution is -0.124. The summed E-state index contributed by atoms with van der Waals surface area (Å²) in [7, 11) is 3.28. The highest BCUT2D eigenvalue weighted by molar-refractivity contribution is 5.96. The van der Waals surface area contributed by atoms with Crippen LogP contribution in [0.2, 0.25) is 0 Å². The maximum absolute atomic E-state index is 11.9. The summed E-state index contributed by atoms with van der Waals surface area (Å²) < 4.78 is 10.6. The molecule has 0 radical (unpaired) electrons. The van der Waals surface area contributed by atoms with Crippen molar-refractivity contribution in [3.05, 3.63) is 23.8 Å². The zero-order valence-electron chi connectivity index (χ0n) is 12.3. The topological polar surface area (TPSA) is 79.9 Å². The Morgan fingerprint density at radius 1 is 1.33 bits per heavy atom. The summed E-state index contributed by atoms with van der Waals surface area (Å²) in [4.78, 5) is 24.9. The highest BCUT2D eigenvalue weighted by Gasteiger charge is 2.21. The van der Waals surface area contributed by atoms with Crippen LogP contribution in [0.3, 0.4) is 0 Å². The highest BCUT2D eigenvalue weighted by Crippen LogP contribution is 2.32. The van der Waals surface area contributed by atoms with Crippen LogP contribution in [0.1, 0.15) is 12.5 Å². The Bertz CT molecular complexity index is 547. The second-order valence-corrected chi connectivity index (χ2v) is 4.85. The van der Waals surface area contributed by atoms with Crippen molar-refractivity contribution in [2.24, 2.45) is 0 Å². The third-order valence-electron chi connectivity index (χ3n) is 3.37. The van der Waals surface area contributed by atoms with Crippen molar-refractivity contribution >= 4 is 11.9 Å². The van der Waals surface area contributed by atoms with E-state index in [2.05, 4.69) is 10.6 Å². The van der Waals surface area contributed by atoms with E-state index >= 15 is 0 Å². The fourth-order valence-corrected chi connectivity index (χ4v) is 1.94. The van der Waals surface area contributed by atoms with E-state index in [0.29, 0.717) is 12.3 Å². The second-order valence-electron chi connectivity index (χ2n) is 4.85. The van der Waals surface area contributed by atoms with Gasteiger partial charge in [-0.05, 0) is 31.7 Å². The summed E-state index contributed by atoms with van der Waals surface area (Å²) in [6.07, 6.45) is 0. The first-order valence-electron chi connectivity index (χ1n) is 6.62. The van der Waals surface area contributed by atoms with Crippen molar-refractivity contribution in [3.63, 3.8) is 0 Å². The average Bonchev–Trinajstić information content (AvgIpc) is 2.93. The summed E-state index contributed by atoms with van der Waals surface area (Å²) >= 11 is 0. The molecule has 0 bridgehead atoms. The Labute approximate surface area is 123 Å². The minimum atomic E-state index is -0.511. The molecule has 0 fully saturated rings. The molecule has 7 nitrogen and oxygen atoms in total. The molecule has 1 aromatic carbocycles. The van der Waals surface area contributed by atoms with Crippen LogP contribution >= 0.6 is 0 Å². The molecule has 0 saturated heterocycles. The van der Waals surface area contributed by atoms with Gasteiger partial charge >= 0.3 is 6.03 Å². The molecule has 3 amide bonds. The van der Waals surface area contributed by atoms with Crippen molar-refractivity contribution in [2.45, 2.75) is 19.5 Å². The van der Waals surface area contributed by atoms with E-state index < -0.39 is 12.1 Å². The van der Waals surface area contributed by atoms with E-state index in [-0.39, 0.29) is 12.7 Å². The van der Waals surface area contributed by atoms with E-state index in [4.69, 9.17) is 9.47 Å². The summed E-state index contributed by atoms with van der Waals surface area (Å²) in [6.45, 7) is 2.53. The first-order valence-corrected chi connectivity index (χ1v) is 6.62. The summed E-state index contributed by atoms with van der Waals surface area (Å²) in [5.41, 5.74) is 1.00. The van der Waals surface area contributed by atoms with Crippen LogP contribution < -0.4 is 20.1 Å². The number of imide groups is 1. The number of urea groups is 1. The number of hydrogen-bond acceptors (Lipinski definition) is 5. The Morgan fingerprint density at radius 2 is 2.05 bits per heavy atom. The van der Waals surface area contributed by atoms with E-state index in [0.717, 1.165) is 11.3 Å². The Kier molecular flexibility index (Phi) is 4.64. The predicted molar refractivity (Wildman–Crippen MR) is 76.1 cm³/mol. The maximum atomic E-state index is 11.9. The van der Waals surface area contributed by atoms with Gasteiger partial charge in [-0.3, -0.25) is 15.0 Å². The van der Waals surface area contributed by atoms with Crippen LogP contribution in [-0.4, -0.2) is 43.8 Å². The number of amides is 3. The molecule has 0 saturated carbocycles. The normalized spacial score (nSPS) is 13.9. The van der Waals surface area contributed by atoms with Gasteiger partial charge in [0.2, 0.25) is 12.7 Å². The molecular weight excluding hydrogens is 274 g/mol. The van der Waals surface area contributed by atoms with Gasteiger partial charge in [-0.15, -0.1) is 0 Å². The maximum Gasteiger partial charge on any atom is 0.321 e. The largest absolute Gasteiger partial charge is 0.454 e. The van der Waals surface area contributed by atoms with Gasteiger partial charge in [-0.1, -0.05) is 6.07 Å². The number of nitrogens with zero attached hydrogens (tertiary/aromatic N) is 1. The molecule has 1 atom stereocenters. The highest BCUT2D eigenvalue weighted by atomic mass is 16.7. The summed E-state index contributed by atoms with van der Waals surface area (Å²) in [5.74, 6) is 1.09. The molecule has 2 N–H and O–H groups in total. The minimum absolute atomic E-state index is 0.236. The van der Waals surface area contributed by atoms with Gasteiger partial charge in [0.25, 0.3) is 0 Å². The number of fused-ring (bicyclic) bond motifs is 1. The molecule has 1 heterocycles. The number of nitrogens with one attached hydrogen (secondary N) is 2. The Morgan fingerprint density at radius 3 is 2.76 bits per heavy atom. The third kappa shape index (κ3) is 3.63. The number of rotatable bonds is 4. The molecule has 7 heteroatoms. The number of carbonyl (C=O) groups excluding carboxylic acids is 2. The van der Waals surface area contributed by atoms with Crippen molar-refractivity contribution in [1.82, 2.24) is 15.5 Å². The van der Waals surface area contributed by atoms with Gasteiger partial charge in [0.15, 0.2) is 11.5 Å². The van der Waals surface area contributed by atoms with Gasteiger partial charge in [0.05, 0.1) is 6.04 Å². The molecule has 1 aromatic rings. The zero-order chi connectivity index (χ0) is 15.4. The van der Waals surface area contributed by atoms with E-state index in [1.165, 1.54) is 7.05 Å². The Balaban J connectivity index is 1.95. The lowest BCUT2D eigenvalue weighted by Gasteiger charge is -2.23. The van der Waals surface area contributed by atoms with Crippen LogP contribution in [0.25, 0.3) is 0 Å². The molecule has 0 aromatic heterocycles. The van der Waals surface area contributed by atoms with Crippen LogP contribution in [0.4, 0.5) is 4.79 Å². The van der Waals surface area contributed by atoms with Crippen LogP contribution in [0, 0.1) is 0 Å². The average molecular weight is 293 g/mol. The molecule has 0 aliphatic carbocycles. The molecule has 1 aliphatic heterocycles. The van der Waals surface area contributed by atoms with Gasteiger partial charge in [-0.25, -0.2) is 4.79 Å².